The standard InChI is InChI=1S/C10H18N2O.ClH/c13-10(9-6-11-7-9)12-5-8-3-1-2-4-8;/h8-9,11H,1-7H2,(H,12,13);1H. The lowest BCUT2D eigenvalue weighted by molar-refractivity contribution is -0.126. The molecule has 0 atom stereocenters. The predicted molar refractivity (Wildman–Crippen MR) is 58.6 cm³/mol. The molecule has 1 amide bonds. The van der Waals surface area contributed by atoms with Gasteiger partial charge in [0.05, 0.1) is 5.92 Å². The third-order valence-electron chi connectivity index (χ3n) is 3.19. The largest absolute Gasteiger partial charge is 0.356 e. The van der Waals surface area contributed by atoms with Crippen LogP contribution < -0.4 is 10.6 Å². The van der Waals surface area contributed by atoms with E-state index in [1.807, 2.05) is 0 Å². The van der Waals surface area contributed by atoms with Gasteiger partial charge in [-0.1, -0.05) is 12.8 Å². The number of carbonyl (C=O) groups excluding carboxylic acids is 1. The minimum Gasteiger partial charge on any atom is -0.356 e. The third-order valence-corrected chi connectivity index (χ3v) is 3.19. The zero-order chi connectivity index (χ0) is 9.10. The molecule has 0 unspecified atom stereocenters. The van der Waals surface area contributed by atoms with Gasteiger partial charge >= 0.3 is 0 Å². The summed E-state index contributed by atoms with van der Waals surface area (Å²) < 4.78 is 0. The fourth-order valence-electron chi connectivity index (χ4n) is 2.08. The van der Waals surface area contributed by atoms with Crippen molar-refractivity contribution >= 4 is 18.3 Å². The van der Waals surface area contributed by atoms with E-state index in [0.29, 0.717) is 0 Å². The molecule has 82 valence electrons. The van der Waals surface area contributed by atoms with Crippen molar-refractivity contribution in [3.05, 3.63) is 0 Å². The molecule has 1 heterocycles. The first-order valence-corrected chi connectivity index (χ1v) is 5.34. The second-order valence-electron chi connectivity index (χ2n) is 4.25. The molecule has 2 rings (SSSR count). The van der Waals surface area contributed by atoms with Gasteiger partial charge in [-0.2, -0.15) is 0 Å². The van der Waals surface area contributed by atoms with Crippen LogP contribution in [0.5, 0.6) is 0 Å². The van der Waals surface area contributed by atoms with Gasteiger partial charge in [-0.15, -0.1) is 12.4 Å². The summed E-state index contributed by atoms with van der Waals surface area (Å²) in [6, 6.07) is 0. The molecule has 14 heavy (non-hydrogen) atoms. The van der Waals surface area contributed by atoms with Gasteiger partial charge < -0.3 is 10.6 Å². The van der Waals surface area contributed by atoms with Crippen LogP contribution >= 0.6 is 12.4 Å². The normalized spacial score (nSPS) is 22.6. The molecule has 0 aromatic carbocycles. The monoisotopic (exact) mass is 218 g/mol. The SMILES string of the molecule is Cl.O=C(NCC1CCCC1)C1CNC1. The van der Waals surface area contributed by atoms with Gasteiger partial charge in [0.15, 0.2) is 0 Å². The van der Waals surface area contributed by atoms with Gasteiger partial charge in [-0.3, -0.25) is 4.79 Å². The van der Waals surface area contributed by atoms with Crippen LogP contribution in [0.2, 0.25) is 0 Å². The Morgan fingerprint density at radius 1 is 1.29 bits per heavy atom. The van der Waals surface area contributed by atoms with Crippen LogP contribution in [0.15, 0.2) is 0 Å². The Kier molecular flexibility index (Phi) is 4.69. The molecular weight excluding hydrogens is 200 g/mol. The van der Waals surface area contributed by atoms with Crippen LogP contribution in [0.3, 0.4) is 0 Å². The zero-order valence-electron chi connectivity index (χ0n) is 8.42. The quantitative estimate of drug-likeness (QED) is 0.740. The molecule has 0 aromatic heterocycles. The van der Waals surface area contributed by atoms with Crippen molar-refractivity contribution in [3.8, 4) is 0 Å². The maximum Gasteiger partial charge on any atom is 0.225 e. The van der Waals surface area contributed by atoms with Gasteiger partial charge in [0, 0.05) is 19.6 Å². The summed E-state index contributed by atoms with van der Waals surface area (Å²) in [7, 11) is 0. The maximum absolute atomic E-state index is 11.4. The van der Waals surface area contributed by atoms with Gasteiger partial charge in [0.25, 0.3) is 0 Å². The third kappa shape index (κ3) is 2.85. The second-order valence-corrected chi connectivity index (χ2v) is 4.25. The van der Waals surface area contributed by atoms with Crippen LogP contribution in [0.1, 0.15) is 25.7 Å². The van der Waals surface area contributed by atoms with E-state index in [1.54, 1.807) is 0 Å². The first kappa shape index (κ1) is 11.8. The van der Waals surface area contributed by atoms with Crippen molar-refractivity contribution < 1.29 is 4.79 Å². The van der Waals surface area contributed by atoms with Gasteiger partial charge in [-0.25, -0.2) is 0 Å². The highest BCUT2D eigenvalue weighted by Crippen LogP contribution is 2.23. The number of carbonyl (C=O) groups is 1. The first-order chi connectivity index (χ1) is 6.36. The Labute approximate surface area is 91.4 Å². The predicted octanol–water partition coefficient (Wildman–Crippen LogP) is 0.934. The first-order valence-electron chi connectivity index (χ1n) is 5.34. The van der Waals surface area contributed by atoms with E-state index in [2.05, 4.69) is 10.6 Å². The molecule has 1 aliphatic carbocycles. The van der Waals surface area contributed by atoms with Crippen molar-refractivity contribution in [3.63, 3.8) is 0 Å². The molecule has 2 aliphatic rings. The Hall–Kier alpha value is -0.280. The number of rotatable bonds is 3. The highest BCUT2D eigenvalue weighted by molar-refractivity contribution is 5.85. The highest BCUT2D eigenvalue weighted by Gasteiger charge is 2.25. The summed E-state index contributed by atoms with van der Waals surface area (Å²) >= 11 is 0. The lowest BCUT2D eigenvalue weighted by Crippen LogP contribution is -2.51. The Balaban J connectivity index is 0.000000980. The minimum absolute atomic E-state index is 0. The molecule has 0 radical (unpaired) electrons. The number of halogens is 1. The van der Waals surface area contributed by atoms with Crippen molar-refractivity contribution in [1.82, 2.24) is 10.6 Å². The molecule has 2 fully saturated rings. The zero-order valence-corrected chi connectivity index (χ0v) is 9.24. The molecule has 3 nitrogen and oxygen atoms in total. The van der Waals surface area contributed by atoms with Crippen LogP contribution in [0.25, 0.3) is 0 Å². The average Bonchev–Trinajstić information content (AvgIpc) is 2.49. The number of amides is 1. The second kappa shape index (κ2) is 5.56. The van der Waals surface area contributed by atoms with Crippen LogP contribution in [0, 0.1) is 11.8 Å². The summed E-state index contributed by atoms with van der Waals surface area (Å²) in [6.07, 6.45) is 5.32. The van der Waals surface area contributed by atoms with Crippen LogP contribution in [-0.4, -0.2) is 25.5 Å². The lowest BCUT2D eigenvalue weighted by atomic mass is 10.0. The molecule has 4 heteroatoms. The molecule has 0 bridgehead atoms. The summed E-state index contributed by atoms with van der Waals surface area (Å²) in [4.78, 5) is 11.4. The average molecular weight is 219 g/mol. The van der Waals surface area contributed by atoms with Gasteiger partial charge in [0.2, 0.25) is 5.91 Å². The Morgan fingerprint density at radius 3 is 2.43 bits per heavy atom. The fourth-order valence-corrected chi connectivity index (χ4v) is 2.08. The summed E-state index contributed by atoms with van der Waals surface area (Å²) in [5, 5.41) is 6.16. The smallest absolute Gasteiger partial charge is 0.225 e. The molecule has 0 spiro atoms. The van der Waals surface area contributed by atoms with E-state index in [9.17, 15) is 4.79 Å². The van der Waals surface area contributed by atoms with E-state index in [1.165, 1.54) is 25.7 Å². The molecule has 1 saturated heterocycles. The Morgan fingerprint density at radius 2 is 1.93 bits per heavy atom. The number of hydrogen-bond acceptors (Lipinski definition) is 2. The van der Waals surface area contributed by atoms with Crippen molar-refractivity contribution in [1.29, 1.82) is 0 Å². The molecular formula is C10H19ClN2O. The highest BCUT2D eigenvalue weighted by atomic mass is 35.5. The van der Waals surface area contributed by atoms with Crippen molar-refractivity contribution in [2.75, 3.05) is 19.6 Å². The summed E-state index contributed by atoms with van der Waals surface area (Å²) in [6.45, 7) is 2.66. The minimum atomic E-state index is 0. The van der Waals surface area contributed by atoms with E-state index < -0.39 is 0 Å². The summed E-state index contributed by atoms with van der Waals surface area (Å²) in [5.41, 5.74) is 0. The van der Waals surface area contributed by atoms with E-state index in [0.717, 1.165) is 25.6 Å². The van der Waals surface area contributed by atoms with Crippen molar-refractivity contribution in [2.45, 2.75) is 25.7 Å². The van der Waals surface area contributed by atoms with Crippen LogP contribution in [0.4, 0.5) is 0 Å². The molecule has 1 saturated carbocycles. The molecule has 2 N–H and O–H groups in total. The topological polar surface area (TPSA) is 41.1 Å². The molecule has 1 aliphatic heterocycles. The fraction of sp³-hybridized carbons (Fsp3) is 0.900. The van der Waals surface area contributed by atoms with Gasteiger partial charge in [0.1, 0.15) is 0 Å². The van der Waals surface area contributed by atoms with E-state index in [4.69, 9.17) is 0 Å². The van der Waals surface area contributed by atoms with Crippen LogP contribution in [-0.2, 0) is 4.79 Å². The number of nitrogens with one attached hydrogen (secondary N) is 2. The Bertz CT molecular complexity index is 189. The van der Waals surface area contributed by atoms with Gasteiger partial charge in [-0.05, 0) is 18.8 Å². The number of hydrogen-bond donors (Lipinski definition) is 2. The lowest BCUT2D eigenvalue weighted by Gasteiger charge is -2.26. The van der Waals surface area contributed by atoms with E-state index >= 15 is 0 Å². The molecule has 0 aromatic rings. The van der Waals surface area contributed by atoms with Crippen molar-refractivity contribution in [2.24, 2.45) is 11.8 Å². The summed E-state index contributed by atoms with van der Waals surface area (Å²) in [5.74, 6) is 1.27. The van der Waals surface area contributed by atoms with E-state index in [-0.39, 0.29) is 24.2 Å². The maximum atomic E-state index is 11.4.